The average molecular weight is 473 g/mol. The largest absolute Gasteiger partial charge is 0.485 e. The van der Waals surface area contributed by atoms with E-state index in [1.165, 1.54) is 0 Å². The SMILES string of the molecule is Cc1nn(-c2ccccc2)c2c1C(c1ccc(COc3cccc(Cl)c3C)o1)C(C#N)=C(N)O2. The van der Waals surface area contributed by atoms with Gasteiger partial charge in [-0.15, -0.1) is 0 Å². The zero-order valence-corrected chi connectivity index (χ0v) is 19.3. The van der Waals surface area contributed by atoms with Crippen molar-refractivity contribution in [3.63, 3.8) is 0 Å². The molecule has 3 heterocycles. The lowest BCUT2D eigenvalue weighted by Gasteiger charge is -2.23. The van der Waals surface area contributed by atoms with E-state index in [0.717, 1.165) is 16.8 Å². The van der Waals surface area contributed by atoms with Crippen molar-refractivity contribution in [2.45, 2.75) is 26.4 Å². The van der Waals surface area contributed by atoms with Crippen molar-refractivity contribution in [1.82, 2.24) is 9.78 Å². The van der Waals surface area contributed by atoms with E-state index in [-0.39, 0.29) is 18.1 Å². The van der Waals surface area contributed by atoms with Gasteiger partial charge in [0.15, 0.2) is 0 Å². The molecule has 7 nitrogen and oxygen atoms in total. The topological polar surface area (TPSA) is 99.2 Å². The minimum atomic E-state index is -0.548. The van der Waals surface area contributed by atoms with Gasteiger partial charge in [-0.3, -0.25) is 0 Å². The van der Waals surface area contributed by atoms with Gasteiger partial charge in [-0.1, -0.05) is 35.9 Å². The summed E-state index contributed by atoms with van der Waals surface area (Å²) in [4.78, 5) is 0. The number of hydrogen-bond donors (Lipinski definition) is 1. The number of rotatable bonds is 5. The van der Waals surface area contributed by atoms with E-state index in [0.29, 0.717) is 33.9 Å². The second kappa shape index (κ2) is 8.65. The number of allylic oxidation sites excluding steroid dienone is 1. The van der Waals surface area contributed by atoms with Crippen LogP contribution in [-0.4, -0.2) is 9.78 Å². The molecule has 1 aliphatic heterocycles. The third-order valence-electron chi connectivity index (χ3n) is 5.79. The predicted molar refractivity (Wildman–Crippen MR) is 127 cm³/mol. The van der Waals surface area contributed by atoms with Crippen LogP contribution in [0, 0.1) is 25.2 Å². The first-order chi connectivity index (χ1) is 16.5. The van der Waals surface area contributed by atoms with Crippen LogP contribution in [0.1, 0.15) is 34.3 Å². The third-order valence-corrected chi connectivity index (χ3v) is 6.20. The number of aryl methyl sites for hydroxylation is 1. The molecule has 0 saturated heterocycles. The molecule has 0 spiro atoms. The maximum absolute atomic E-state index is 9.87. The molecule has 34 heavy (non-hydrogen) atoms. The molecule has 4 aromatic rings. The zero-order chi connectivity index (χ0) is 23.8. The van der Waals surface area contributed by atoms with Gasteiger partial charge in [0.05, 0.1) is 22.9 Å². The predicted octanol–water partition coefficient (Wildman–Crippen LogP) is 5.53. The Morgan fingerprint density at radius 3 is 2.68 bits per heavy atom. The first-order valence-corrected chi connectivity index (χ1v) is 11.0. The van der Waals surface area contributed by atoms with Crippen LogP contribution in [0.3, 0.4) is 0 Å². The summed E-state index contributed by atoms with van der Waals surface area (Å²) < 4.78 is 19.6. The summed E-state index contributed by atoms with van der Waals surface area (Å²) >= 11 is 6.19. The molecule has 2 aromatic heterocycles. The van der Waals surface area contributed by atoms with Gasteiger partial charge in [-0.05, 0) is 50.2 Å². The second-order valence-electron chi connectivity index (χ2n) is 7.93. The Morgan fingerprint density at radius 1 is 1.12 bits per heavy atom. The van der Waals surface area contributed by atoms with Crippen LogP contribution in [0.5, 0.6) is 11.6 Å². The molecule has 170 valence electrons. The monoisotopic (exact) mass is 472 g/mol. The normalized spacial score (nSPS) is 14.9. The van der Waals surface area contributed by atoms with Crippen molar-refractivity contribution in [3.8, 4) is 23.4 Å². The maximum atomic E-state index is 9.87. The summed E-state index contributed by atoms with van der Waals surface area (Å²) in [5.74, 6) is 1.79. The standard InChI is InChI=1S/C26H21ClN4O3/c1-15-20(27)9-6-10-21(15)32-14-18-11-12-22(33-18)24-19(13-28)25(29)34-26-23(24)16(2)30-31(26)17-7-4-3-5-8-17/h3-12,24H,14,29H2,1-2H3. The fourth-order valence-electron chi connectivity index (χ4n) is 4.06. The van der Waals surface area contributed by atoms with Gasteiger partial charge in [0, 0.05) is 10.6 Å². The van der Waals surface area contributed by atoms with Gasteiger partial charge in [0.2, 0.25) is 11.8 Å². The third kappa shape index (κ3) is 3.68. The molecule has 1 aliphatic rings. The fourth-order valence-corrected chi connectivity index (χ4v) is 4.23. The molecule has 2 N–H and O–H groups in total. The number of nitriles is 1. The van der Waals surface area contributed by atoms with Crippen molar-refractivity contribution in [1.29, 1.82) is 5.26 Å². The lowest BCUT2D eigenvalue weighted by Crippen LogP contribution is -2.21. The first-order valence-electron chi connectivity index (χ1n) is 10.7. The van der Waals surface area contributed by atoms with Crippen LogP contribution >= 0.6 is 11.6 Å². The Kier molecular flexibility index (Phi) is 5.52. The number of furan rings is 1. The van der Waals surface area contributed by atoms with E-state index < -0.39 is 5.92 Å². The summed E-state index contributed by atoms with van der Waals surface area (Å²) in [6.07, 6.45) is 0. The van der Waals surface area contributed by atoms with E-state index in [4.69, 9.17) is 31.2 Å². The highest BCUT2D eigenvalue weighted by Crippen LogP contribution is 2.45. The van der Waals surface area contributed by atoms with Gasteiger partial charge >= 0.3 is 0 Å². The Morgan fingerprint density at radius 2 is 1.91 bits per heavy atom. The van der Waals surface area contributed by atoms with Crippen LogP contribution in [0.25, 0.3) is 5.69 Å². The summed E-state index contributed by atoms with van der Waals surface area (Å²) in [5, 5.41) is 15.2. The smallest absolute Gasteiger partial charge is 0.229 e. The highest BCUT2D eigenvalue weighted by molar-refractivity contribution is 6.31. The number of halogens is 1. The first kappa shape index (κ1) is 21.7. The molecular weight excluding hydrogens is 452 g/mol. The highest BCUT2D eigenvalue weighted by Gasteiger charge is 2.38. The van der Waals surface area contributed by atoms with Crippen LogP contribution < -0.4 is 15.2 Å². The minimum absolute atomic E-state index is 0.0285. The molecule has 0 fully saturated rings. The Labute approximate surface area is 201 Å². The molecule has 0 radical (unpaired) electrons. The van der Waals surface area contributed by atoms with E-state index in [9.17, 15) is 5.26 Å². The lowest BCUT2D eigenvalue weighted by molar-refractivity contribution is 0.263. The fraction of sp³-hybridized carbons (Fsp3) is 0.154. The molecule has 5 rings (SSSR count). The number of benzene rings is 2. The van der Waals surface area contributed by atoms with E-state index >= 15 is 0 Å². The molecule has 0 bridgehead atoms. The summed E-state index contributed by atoms with van der Waals surface area (Å²) in [7, 11) is 0. The van der Waals surface area contributed by atoms with E-state index in [1.807, 2.05) is 74.5 Å². The molecule has 0 amide bonds. The van der Waals surface area contributed by atoms with Crippen molar-refractivity contribution in [2.75, 3.05) is 0 Å². The molecule has 2 aromatic carbocycles. The van der Waals surface area contributed by atoms with Crippen LogP contribution in [0.15, 0.2) is 76.5 Å². The Hall–Kier alpha value is -4.15. The van der Waals surface area contributed by atoms with E-state index in [1.54, 1.807) is 4.68 Å². The number of nitrogens with zero attached hydrogens (tertiary/aromatic N) is 3. The van der Waals surface area contributed by atoms with Crippen LogP contribution in [-0.2, 0) is 6.61 Å². The van der Waals surface area contributed by atoms with Crippen LogP contribution in [0.2, 0.25) is 5.02 Å². The summed E-state index contributed by atoms with van der Waals surface area (Å²) in [6, 6.07) is 20.9. The van der Waals surface area contributed by atoms with Crippen LogP contribution in [0.4, 0.5) is 0 Å². The van der Waals surface area contributed by atoms with E-state index in [2.05, 4.69) is 11.2 Å². The number of aromatic nitrogens is 2. The van der Waals surface area contributed by atoms with Gasteiger partial charge in [-0.25, -0.2) is 4.68 Å². The molecule has 1 atom stereocenters. The van der Waals surface area contributed by atoms with Gasteiger partial charge in [0.25, 0.3) is 0 Å². The minimum Gasteiger partial charge on any atom is -0.485 e. The second-order valence-corrected chi connectivity index (χ2v) is 8.34. The lowest BCUT2D eigenvalue weighted by atomic mass is 9.88. The van der Waals surface area contributed by atoms with Gasteiger partial charge in [-0.2, -0.15) is 10.4 Å². The molecule has 0 aliphatic carbocycles. The number of nitrogens with two attached hydrogens (primary N) is 1. The molecule has 0 saturated carbocycles. The zero-order valence-electron chi connectivity index (χ0n) is 18.6. The van der Waals surface area contributed by atoms with Crippen molar-refractivity contribution in [2.24, 2.45) is 5.73 Å². The summed E-state index contributed by atoms with van der Waals surface area (Å²) in [5.41, 5.74) is 9.58. The maximum Gasteiger partial charge on any atom is 0.229 e. The van der Waals surface area contributed by atoms with Crippen molar-refractivity contribution >= 4 is 11.6 Å². The highest BCUT2D eigenvalue weighted by atomic mass is 35.5. The number of ether oxygens (including phenoxy) is 2. The van der Waals surface area contributed by atoms with Gasteiger partial charge < -0.3 is 19.6 Å². The molecule has 1 unspecified atom stereocenters. The molecular formula is C26H21ClN4O3. The average Bonchev–Trinajstić information content (AvgIpc) is 3.44. The number of fused-ring (bicyclic) bond motifs is 1. The van der Waals surface area contributed by atoms with Crippen molar-refractivity contribution in [3.05, 3.63) is 105 Å². The summed E-state index contributed by atoms with van der Waals surface area (Å²) in [6.45, 7) is 3.98. The quantitative estimate of drug-likeness (QED) is 0.409. The number of hydrogen-bond acceptors (Lipinski definition) is 6. The van der Waals surface area contributed by atoms with Crippen molar-refractivity contribution < 1.29 is 13.9 Å². The van der Waals surface area contributed by atoms with Gasteiger partial charge in [0.1, 0.15) is 35.5 Å². The Balaban J connectivity index is 1.51. The Bertz CT molecular complexity index is 1450. The molecule has 8 heteroatoms. The number of para-hydroxylation sites is 1.